The Labute approximate surface area is 125 Å². The van der Waals surface area contributed by atoms with Gasteiger partial charge in [-0.1, -0.05) is 25.4 Å². The van der Waals surface area contributed by atoms with Gasteiger partial charge in [0.15, 0.2) is 5.82 Å². The standard InChI is InChI=1S/C15H21ClN4/c1-9(2)17-8-14-13(16)6-7-15(18-14)20-12(5)10(3)11(4)19-20/h6-7,9,17H,8H2,1-5H3. The fraction of sp³-hybridized carbons (Fsp3) is 0.467. The second-order valence-electron chi connectivity index (χ2n) is 5.34. The molecular weight excluding hydrogens is 272 g/mol. The van der Waals surface area contributed by atoms with Gasteiger partial charge >= 0.3 is 0 Å². The van der Waals surface area contributed by atoms with Crippen molar-refractivity contribution in [3.05, 3.63) is 39.8 Å². The van der Waals surface area contributed by atoms with E-state index in [1.165, 1.54) is 5.56 Å². The first-order valence-electron chi connectivity index (χ1n) is 6.82. The van der Waals surface area contributed by atoms with E-state index in [0.717, 1.165) is 22.9 Å². The van der Waals surface area contributed by atoms with E-state index in [-0.39, 0.29) is 0 Å². The number of aryl methyl sites for hydroxylation is 1. The Morgan fingerprint density at radius 3 is 2.50 bits per heavy atom. The van der Waals surface area contributed by atoms with Crippen LogP contribution in [-0.4, -0.2) is 20.8 Å². The first-order chi connectivity index (χ1) is 9.40. The summed E-state index contributed by atoms with van der Waals surface area (Å²) < 4.78 is 1.87. The fourth-order valence-electron chi connectivity index (χ4n) is 1.96. The van der Waals surface area contributed by atoms with Crippen LogP contribution in [0.3, 0.4) is 0 Å². The molecule has 0 fully saturated rings. The summed E-state index contributed by atoms with van der Waals surface area (Å²) in [5.74, 6) is 0.809. The summed E-state index contributed by atoms with van der Waals surface area (Å²) in [6.07, 6.45) is 0. The molecule has 20 heavy (non-hydrogen) atoms. The zero-order valence-corrected chi connectivity index (χ0v) is 13.4. The zero-order valence-electron chi connectivity index (χ0n) is 12.7. The highest BCUT2D eigenvalue weighted by Crippen LogP contribution is 2.19. The lowest BCUT2D eigenvalue weighted by Gasteiger charge is -2.11. The summed E-state index contributed by atoms with van der Waals surface area (Å²) in [6, 6.07) is 4.18. The summed E-state index contributed by atoms with van der Waals surface area (Å²) in [6.45, 7) is 11.0. The Hall–Kier alpha value is -1.39. The van der Waals surface area contributed by atoms with Gasteiger partial charge in [-0.3, -0.25) is 0 Å². The molecule has 2 rings (SSSR count). The minimum absolute atomic E-state index is 0.396. The summed E-state index contributed by atoms with van der Waals surface area (Å²) in [5.41, 5.74) is 4.19. The molecule has 0 unspecified atom stereocenters. The van der Waals surface area contributed by atoms with E-state index >= 15 is 0 Å². The second kappa shape index (κ2) is 5.94. The molecule has 0 aromatic carbocycles. The molecule has 0 radical (unpaired) electrons. The quantitative estimate of drug-likeness (QED) is 0.940. The lowest BCUT2D eigenvalue weighted by molar-refractivity contribution is 0.580. The third-order valence-corrected chi connectivity index (χ3v) is 3.80. The number of hydrogen-bond donors (Lipinski definition) is 1. The summed E-state index contributed by atoms with van der Waals surface area (Å²) in [4.78, 5) is 4.64. The van der Waals surface area contributed by atoms with Crippen molar-refractivity contribution >= 4 is 11.6 Å². The van der Waals surface area contributed by atoms with Gasteiger partial charge in [0.1, 0.15) is 0 Å². The maximum Gasteiger partial charge on any atom is 0.154 e. The van der Waals surface area contributed by atoms with E-state index in [4.69, 9.17) is 11.6 Å². The van der Waals surface area contributed by atoms with Crippen LogP contribution in [0.25, 0.3) is 5.82 Å². The highest BCUT2D eigenvalue weighted by Gasteiger charge is 2.12. The third-order valence-electron chi connectivity index (χ3n) is 3.45. The smallest absolute Gasteiger partial charge is 0.154 e. The van der Waals surface area contributed by atoms with Gasteiger partial charge in [0.25, 0.3) is 0 Å². The van der Waals surface area contributed by atoms with Crippen LogP contribution >= 0.6 is 11.6 Å². The van der Waals surface area contributed by atoms with Crippen LogP contribution in [0.1, 0.15) is 36.5 Å². The van der Waals surface area contributed by atoms with Crippen molar-refractivity contribution in [2.75, 3.05) is 0 Å². The van der Waals surface area contributed by atoms with E-state index in [1.54, 1.807) is 0 Å². The van der Waals surface area contributed by atoms with Crippen molar-refractivity contribution in [1.82, 2.24) is 20.1 Å². The Morgan fingerprint density at radius 2 is 1.95 bits per heavy atom. The van der Waals surface area contributed by atoms with Gasteiger partial charge in [-0.05, 0) is 38.5 Å². The van der Waals surface area contributed by atoms with Crippen molar-refractivity contribution < 1.29 is 0 Å². The SMILES string of the molecule is Cc1nn(-c2ccc(Cl)c(CNC(C)C)n2)c(C)c1C. The van der Waals surface area contributed by atoms with E-state index < -0.39 is 0 Å². The molecule has 0 aliphatic heterocycles. The van der Waals surface area contributed by atoms with Crippen molar-refractivity contribution in [3.63, 3.8) is 0 Å². The average Bonchev–Trinajstić information content (AvgIpc) is 2.65. The molecule has 108 valence electrons. The maximum absolute atomic E-state index is 6.21. The first-order valence-corrected chi connectivity index (χ1v) is 7.20. The highest BCUT2D eigenvalue weighted by atomic mass is 35.5. The predicted molar refractivity (Wildman–Crippen MR) is 82.6 cm³/mol. The largest absolute Gasteiger partial charge is 0.309 e. The van der Waals surface area contributed by atoms with Crippen molar-refractivity contribution in [2.45, 2.75) is 47.2 Å². The molecule has 4 nitrogen and oxygen atoms in total. The lowest BCUT2D eigenvalue weighted by Crippen LogP contribution is -2.23. The molecule has 0 spiro atoms. The van der Waals surface area contributed by atoms with Crippen LogP contribution in [0, 0.1) is 20.8 Å². The Morgan fingerprint density at radius 1 is 1.25 bits per heavy atom. The maximum atomic E-state index is 6.21. The molecule has 0 amide bonds. The Bertz CT molecular complexity index is 617. The van der Waals surface area contributed by atoms with Crippen LogP contribution in [0.2, 0.25) is 5.02 Å². The minimum Gasteiger partial charge on any atom is -0.309 e. The van der Waals surface area contributed by atoms with Crippen molar-refractivity contribution in [3.8, 4) is 5.82 Å². The molecule has 0 aliphatic carbocycles. The molecular formula is C15H21ClN4. The Kier molecular flexibility index (Phi) is 4.45. The molecule has 2 aromatic heterocycles. The van der Waals surface area contributed by atoms with Gasteiger partial charge in [-0.2, -0.15) is 5.10 Å². The van der Waals surface area contributed by atoms with E-state index in [1.807, 2.05) is 23.7 Å². The minimum atomic E-state index is 0.396. The number of nitrogens with one attached hydrogen (secondary N) is 1. The molecule has 1 N–H and O–H groups in total. The van der Waals surface area contributed by atoms with Crippen molar-refractivity contribution in [2.24, 2.45) is 0 Å². The van der Waals surface area contributed by atoms with Crippen molar-refractivity contribution in [1.29, 1.82) is 0 Å². The van der Waals surface area contributed by atoms with Gasteiger partial charge in [-0.15, -0.1) is 0 Å². The lowest BCUT2D eigenvalue weighted by atomic mass is 10.2. The van der Waals surface area contributed by atoms with Gasteiger partial charge in [0, 0.05) is 18.3 Å². The van der Waals surface area contributed by atoms with Crippen LogP contribution in [-0.2, 0) is 6.54 Å². The molecule has 2 heterocycles. The molecule has 2 aromatic rings. The van der Waals surface area contributed by atoms with Crippen LogP contribution in [0.5, 0.6) is 0 Å². The first kappa shape index (κ1) is 15.0. The second-order valence-corrected chi connectivity index (χ2v) is 5.75. The molecule has 0 saturated carbocycles. The number of pyridine rings is 1. The van der Waals surface area contributed by atoms with Gasteiger partial charge in [0.05, 0.1) is 16.4 Å². The Balaban J connectivity index is 2.38. The molecule has 0 atom stereocenters. The summed E-state index contributed by atoms with van der Waals surface area (Å²) in [5, 5.41) is 8.55. The monoisotopic (exact) mass is 292 g/mol. The van der Waals surface area contributed by atoms with Gasteiger partial charge < -0.3 is 5.32 Å². The molecule has 0 bridgehead atoms. The number of halogens is 1. The van der Waals surface area contributed by atoms with Gasteiger partial charge in [0.2, 0.25) is 0 Å². The van der Waals surface area contributed by atoms with E-state index in [2.05, 4.69) is 43.1 Å². The topological polar surface area (TPSA) is 42.7 Å². The predicted octanol–water partition coefficient (Wildman–Crippen LogP) is 3.34. The van der Waals surface area contributed by atoms with Crippen LogP contribution in [0.4, 0.5) is 0 Å². The van der Waals surface area contributed by atoms with Crippen LogP contribution in [0.15, 0.2) is 12.1 Å². The normalized spacial score (nSPS) is 11.3. The van der Waals surface area contributed by atoms with E-state index in [0.29, 0.717) is 17.6 Å². The van der Waals surface area contributed by atoms with E-state index in [9.17, 15) is 0 Å². The summed E-state index contributed by atoms with van der Waals surface area (Å²) in [7, 11) is 0. The third kappa shape index (κ3) is 3.02. The van der Waals surface area contributed by atoms with Crippen LogP contribution < -0.4 is 5.32 Å². The average molecular weight is 293 g/mol. The number of aromatic nitrogens is 3. The molecule has 0 aliphatic rings. The fourth-order valence-corrected chi connectivity index (χ4v) is 2.13. The molecule has 5 heteroatoms. The number of rotatable bonds is 4. The summed E-state index contributed by atoms with van der Waals surface area (Å²) >= 11 is 6.21. The highest BCUT2D eigenvalue weighted by molar-refractivity contribution is 6.31. The number of nitrogens with zero attached hydrogens (tertiary/aromatic N) is 3. The van der Waals surface area contributed by atoms with Gasteiger partial charge in [-0.25, -0.2) is 9.67 Å². The molecule has 0 saturated heterocycles. The number of hydrogen-bond acceptors (Lipinski definition) is 3. The zero-order chi connectivity index (χ0) is 14.9.